The van der Waals surface area contributed by atoms with Crippen molar-refractivity contribution >= 4 is 34.1 Å². The van der Waals surface area contributed by atoms with Crippen LogP contribution in [0.1, 0.15) is 17.2 Å². The van der Waals surface area contributed by atoms with Gasteiger partial charge >= 0.3 is 0 Å². The fourth-order valence-corrected chi connectivity index (χ4v) is 3.29. The summed E-state index contributed by atoms with van der Waals surface area (Å²) in [6, 6.07) is 16.7. The minimum atomic E-state index is -0.772. The zero-order chi connectivity index (χ0) is 17.4. The standard InChI is InChI=1S/C20H13Cl2NO2/c21-15-3-1-2-12(8-15)16-10-19(22)23-18-5-4-13(9-17(16)18)20(24)14-6-7-25-11-14/h1-11,20,24H. The summed E-state index contributed by atoms with van der Waals surface area (Å²) in [5.41, 5.74) is 4.06. The zero-order valence-electron chi connectivity index (χ0n) is 13.0. The van der Waals surface area contributed by atoms with Gasteiger partial charge in [-0.2, -0.15) is 0 Å². The van der Waals surface area contributed by atoms with Crippen molar-refractivity contribution in [3.05, 3.63) is 88.4 Å². The number of aromatic nitrogens is 1. The van der Waals surface area contributed by atoms with E-state index in [-0.39, 0.29) is 0 Å². The second kappa shape index (κ2) is 6.52. The fraction of sp³-hybridized carbons (Fsp3) is 0.0500. The highest BCUT2D eigenvalue weighted by Crippen LogP contribution is 2.34. The van der Waals surface area contributed by atoms with Crippen molar-refractivity contribution in [2.24, 2.45) is 0 Å². The Bertz CT molecular complexity index is 1040. The van der Waals surface area contributed by atoms with E-state index < -0.39 is 6.10 Å². The molecule has 2 aromatic carbocycles. The van der Waals surface area contributed by atoms with Gasteiger partial charge in [-0.15, -0.1) is 0 Å². The number of aliphatic hydroxyl groups excluding tert-OH is 1. The molecule has 2 aromatic heterocycles. The van der Waals surface area contributed by atoms with Crippen LogP contribution in [0.2, 0.25) is 10.2 Å². The molecule has 0 radical (unpaired) electrons. The molecular formula is C20H13Cl2NO2. The lowest BCUT2D eigenvalue weighted by Crippen LogP contribution is -1.98. The first-order chi connectivity index (χ1) is 12.1. The largest absolute Gasteiger partial charge is 0.472 e. The van der Waals surface area contributed by atoms with Crippen molar-refractivity contribution in [1.29, 1.82) is 0 Å². The van der Waals surface area contributed by atoms with Gasteiger partial charge < -0.3 is 9.52 Å². The summed E-state index contributed by atoms with van der Waals surface area (Å²) in [6.07, 6.45) is 2.30. The van der Waals surface area contributed by atoms with Crippen LogP contribution in [-0.2, 0) is 0 Å². The van der Waals surface area contributed by atoms with E-state index in [9.17, 15) is 5.11 Å². The topological polar surface area (TPSA) is 46.3 Å². The maximum absolute atomic E-state index is 10.6. The molecular weight excluding hydrogens is 357 g/mol. The second-order valence-electron chi connectivity index (χ2n) is 5.74. The molecule has 0 aliphatic carbocycles. The number of hydrogen-bond donors (Lipinski definition) is 1. The summed E-state index contributed by atoms with van der Waals surface area (Å²) in [5.74, 6) is 0. The molecule has 0 saturated carbocycles. The van der Waals surface area contributed by atoms with Crippen LogP contribution in [0.3, 0.4) is 0 Å². The predicted octanol–water partition coefficient (Wildman–Crippen LogP) is 5.88. The number of rotatable bonds is 3. The third kappa shape index (κ3) is 3.14. The number of fused-ring (bicyclic) bond motifs is 1. The number of halogens is 2. The van der Waals surface area contributed by atoms with Gasteiger partial charge in [0.25, 0.3) is 0 Å². The molecule has 0 amide bonds. The second-order valence-corrected chi connectivity index (χ2v) is 6.56. The van der Waals surface area contributed by atoms with E-state index in [2.05, 4.69) is 4.98 Å². The van der Waals surface area contributed by atoms with E-state index in [1.54, 1.807) is 12.3 Å². The van der Waals surface area contributed by atoms with Crippen LogP contribution in [0.25, 0.3) is 22.0 Å². The number of aliphatic hydroxyl groups is 1. The van der Waals surface area contributed by atoms with E-state index in [0.29, 0.717) is 15.7 Å². The first-order valence-electron chi connectivity index (χ1n) is 7.68. The van der Waals surface area contributed by atoms with Gasteiger partial charge in [0, 0.05) is 16.0 Å². The Hall–Kier alpha value is -2.33. The Morgan fingerprint density at radius 3 is 2.60 bits per heavy atom. The van der Waals surface area contributed by atoms with E-state index >= 15 is 0 Å². The average molecular weight is 370 g/mol. The van der Waals surface area contributed by atoms with E-state index in [1.807, 2.05) is 48.5 Å². The van der Waals surface area contributed by atoms with Crippen LogP contribution >= 0.6 is 23.2 Å². The van der Waals surface area contributed by atoms with Crippen molar-refractivity contribution in [2.75, 3.05) is 0 Å². The minimum absolute atomic E-state index is 0.408. The van der Waals surface area contributed by atoms with Crippen molar-refractivity contribution in [1.82, 2.24) is 4.98 Å². The van der Waals surface area contributed by atoms with Crippen LogP contribution in [0.5, 0.6) is 0 Å². The molecule has 4 aromatic rings. The van der Waals surface area contributed by atoms with Gasteiger partial charge in [-0.25, -0.2) is 4.98 Å². The summed E-state index contributed by atoms with van der Waals surface area (Å²) in [7, 11) is 0. The van der Waals surface area contributed by atoms with Gasteiger partial charge in [-0.3, -0.25) is 0 Å². The number of pyridine rings is 1. The third-order valence-electron chi connectivity index (χ3n) is 4.11. The van der Waals surface area contributed by atoms with Gasteiger partial charge in [-0.05, 0) is 53.1 Å². The number of furan rings is 1. The summed E-state index contributed by atoms with van der Waals surface area (Å²) in [6.45, 7) is 0. The number of benzene rings is 2. The van der Waals surface area contributed by atoms with Crippen LogP contribution in [0.15, 0.2) is 71.5 Å². The maximum atomic E-state index is 10.6. The third-order valence-corrected chi connectivity index (χ3v) is 4.54. The first kappa shape index (κ1) is 16.2. The SMILES string of the molecule is OC(c1ccoc1)c1ccc2nc(Cl)cc(-c3cccc(Cl)c3)c2c1. The van der Waals surface area contributed by atoms with Gasteiger partial charge in [0.15, 0.2) is 0 Å². The molecule has 1 unspecified atom stereocenters. The molecule has 3 nitrogen and oxygen atoms in total. The molecule has 0 aliphatic heterocycles. The molecule has 0 aliphatic rings. The number of nitrogens with zero attached hydrogens (tertiary/aromatic N) is 1. The maximum Gasteiger partial charge on any atom is 0.130 e. The van der Waals surface area contributed by atoms with Crippen molar-refractivity contribution < 1.29 is 9.52 Å². The quantitative estimate of drug-likeness (QED) is 0.458. The monoisotopic (exact) mass is 369 g/mol. The molecule has 124 valence electrons. The van der Waals surface area contributed by atoms with Crippen LogP contribution in [0.4, 0.5) is 0 Å². The highest BCUT2D eigenvalue weighted by Gasteiger charge is 2.15. The summed E-state index contributed by atoms with van der Waals surface area (Å²) < 4.78 is 5.06. The molecule has 2 heterocycles. The minimum Gasteiger partial charge on any atom is -0.472 e. The summed E-state index contributed by atoms with van der Waals surface area (Å²) >= 11 is 12.3. The Balaban J connectivity index is 1.91. The molecule has 4 rings (SSSR count). The lowest BCUT2D eigenvalue weighted by Gasteiger charge is -2.13. The highest BCUT2D eigenvalue weighted by atomic mass is 35.5. The molecule has 0 spiro atoms. The van der Waals surface area contributed by atoms with Crippen LogP contribution in [0, 0.1) is 0 Å². The van der Waals surface area contributed by atoms with Gasteiger partial charge in [0.05, 0.1) is 18.0 Å². The zero-order valence-corrected chi connectivity index (χ0v) is 14.5. The Labute approximate surface area is 154 Å². The normalized spacial score (nSPS) is 12.4. The van der Waals surface area contributed by atoms with Gasteiger partial charge in [-0.1, -0.05) is 41.4 Å². The lowest BCUT2D eigenvalue weighted by molar-refractivity contribution is 0.219. The molecule has 5 heteroatoms. The van der Waals surface area contributed by atoms with Crippen LogP contribution in [-0.4, -0.2) is 10.1 Å². The predicted molar refractivity (Wildman–Crippen MR) is 100.0 cm³/mol. The first-order valence-corrected chi connectivity index (χ1v) is 8.44. The molecule has 1 N–H and O–H groups in total. The molecule has 0 saturated heterocycles. The average Bonchev–Trinajstić information content (AvgIpc) is 3.14. The highest BCUT2D eigenvalue weighted by molar-refractivity contribution is 6.31. The fourth-order valence-electron chi connectivity index (χ4n) is 2.90. The molecule has 0 fully saturated rings. The van der Waals surface area contributed by atoms with Gasteiger partial charge in [0.2, 0.25) is 0 Å². The van der Waals surface area contributed by atoms with Crippen molar-refractivity contribution in [3.8, 4) is 11.1 Å². The smallest absolute Gasteiger partial charge is 0.130 e. The van der Waals surface area contributed by atoms with Crippen molar-refractivity contribution in [3.63, 3.8) is 0 Å². The van der Waals surface area contributed by atoms with E-state index in [1.165, 1.54) is 6.26 Å². The Morgan fingerprint density at radius 1 is 0.960 bits per heavy atom. The van der Waals surface area contributed by atoms with Crippen LogP contribution < -0.4 is 0 Å². The summed E-state index contributed by atoms with van der Waals surface area (Å²) in [4.78, 5) is 4.38. The summed E-state index contributed by atoms with van der Waals surface area (Å²) in [5, 5.41) is 12.5. The van der Waals surface area contributed by atoms with Crippen molar-refractivity contribution in [2.45, 2.75) is 6.10 Å². The molecule has 0 bridgehead atoms. The Kier molecular flexibility index (Phi) is 4.22. The number of hydrogen-bond acceptors (Lipinski definition) is 3. The molecule has 1 atom stereocenters. The van der Waals surface area contributed by atoms with E-state index in [0.717, 1.165) is 27.6 Å². The van der Waals surface area contributed by atoms with E-state index in [4.69, 9.17) is 27.6 Å². The lowest BCUT2D eigenvalue weighted by atomic mass is 9.97. The Morgan fingerprint density at radius 2 is 1.84 bits per heavy atom. The molecule has 25 heavy (non-hydrogen) atoms. The van der Waals surface area contributed by atoms with Gasteiger partial charge in [0.1, 0.15) is 11.3 Å².